The van der Waals surface area contributed by atoms with Crippen LogP contribution in [0.2, 0.25) is 10.0 Å². The number of nitrogens with one attached hydrogen (secondary N) is 1. The highest BCUT2D eigenvalue weighted by molar-refractivity contribution is 7.99. The molecule has 7 nitrogen and oxygen atoms in total. The molecule has 174 valence electrons. The lowest BCUT2D eigenvalue weighted by Crippen LogP contribution is -2.19. The van der Waals surface area contributed by atoms with Crippen molar-refractivity contribution in [1.29, 1.82) is 0 Å². The number of carbonyl (C=O) groups is 1. The van der Waals surface area contributed by atoms with Crippen LogP contribution < -0.4 is 14.9 Å². The summed E-state index contributed by atoms with van der Waals surface area (Å²) in [6.07, 6.45) is 1.47. The van der Waals surface area contributed by atoms with Crippen molar-refractivity contribution in [3.05, 3.63) is 81.8 Å². The Bertz CT molecular complexity index is 1310. The zero-order valence-corrected chi connectivity index (χ0v) is 20.3. The minimum absolute atomic E-state index is 0.100. The number of hydrazone groups is 1. The molecule has 0 radical (unpaired) electrons. The van der Waals surface area contributed by atoms with Crippen molar-refractivity contribution in [1.82, 2.24) is 10.4 Å². The van der Waals surface area contributed by atoms with E-state index in [9.17, 15) is 4.79 Å². The number of carbonyl (C=O) groups excluding carboxylic acids is 1. The number of halogens is 2. The standard InChI is InChI=1S/C24H19Cl2N3O4S/c1-31-21-11-15(10-18(26)23(21)32-13-16-6-2-3-7-17(16)25)12-27-29-22(30)14-34-24-28-19-8-4-5-9-20(19)33-24/h2-12H,13-14H2,1H3,(H,29,30)/b27-12-. The van der Waals surface area contributed by atoms with E-state index in [1.54, 1.807) is 18.2 Å². The summed E-state index contributed by atoms with van der Waals surface area (Å²) in [6, 6.07) is 18.2. The molecule has 0 saturated carbocycles. The van der Waals surface area contributed by atoms with Gasteiger partial charge in [-0.1, -0.05) is 65.3 Å². The second kappa shape index (κ2) is 11.3. The molecule has 0 fully saturated rings. The first kappa shape index (κ1) is 23.9. The summed E-state index contributed by atoms with van der Waals surface area (Å²) >= 11 is 13.8. The van der Waals surface area contributed by atoms with Gasteiger partial charge < -0.3 is 13.9 Å². The van der Waals surface area contributed by atoms with Crippen LogP contribution in [-0.2, 0) is 11.4 Å². The van der Waals surface area contributed by atoms with Crippen LogP contribution in [0.3, 0.4) is 0 Å². The van der Waals surface area contributed by atoms with Gasteiger partial charge in [-0.2, -0.15) is 5.10 Å². The van der Waals surface area contributed by atoms with Gasteiger partial charge in [-0.05, 0) is 35.9 Å². The van der Waals surface area contributed by atoms with E-state index in [4.69, 9.17) is 37.1 Å². The van der Waals surface area contributed by atoms with Crippen LogP contribution in [0.5, 0.6) is 11.5 Å². The average Bonchev–Trinajstić information content (AvgIpc) is 3.26. The maximum absolute atomic E-state index is 12.1. The van der Waals surface area contributed by atoms with Crippen LogP contribution in [-0.4, -0.2) is 30.0 Å². The molecule has 1 amide bonds. The molecule has 0 atom stereocenters. The summed E-state index contributed by atoms with van der Waals surface area (Å²) < 4.78 is 16.8. The van der Waals surface area contributed by atoms with Crippen LogP contribution in [0.4, 0.5) is 0 Å². The van der Waals surface area contributed by atoms with Gasteiger partial charge in [0.25, 0.3) is 11.1 Å². The molecule has 1 aromatic heterocycles. The number of aromatic nitrogens is 1. The number of rotatable bonds is 9. The fourth-order valence-corrected chi connectivity index (χ4v) is 4.07. The molecule has 4 aromatic rings. The van der Waals surface area contributed by atoms with Gasteiger partial charge in [-0.3, -0.25) is 4.79 Å². The number of ether oxygens (including phenoxy) is 2. The third kappa shape index (κ3) is 6.02. The van der Waals surface area contributed by atoms with Gasteiger partial charge in [0, 0.05) is 10.6 Å². The third-order valence-corrected chi connectivity index (χ3v) is 6.06. The Kier molecular flexibility index (Phi) is 7.95. The number of oxazole rings is 1. The Labute approximate surface area is 210 Å². The Balaban J connectivity index is 1.34. The average molecular weight is 516 g/mol. The Morgan fingerprint density at radius 1 is 1.15 bits per heavy atom. The van der Waals surface area contributed by atoms with Gasteiger partial charge in [0.2, 0.25) is 0 Å². The summed E-state index contributed by atoms with van der Waals surface area (Å²) in [5.41, 5.74) is 5.34. The molecule has 34 heavy (non-hydrogen) atoms. The van der Waals surface area contributed by atoms with Gasteiger partial charge in [0.1, 0.15) is 12.1 Å². The summed E-state index contributed by atoms with van der Waals surface area (Å²) in [7, 11) is 1.51. The number of amides is 1. The summed E-state index contributed by atoms with van der Waals surface area (Å²) in [4.78, 5) is 16.4. The van der Waals surface area contributed by atoms with E-state index in [0.717, 1.165) is 11.1 Å². The fourth-order valence-electron chi connectivity index (χ4n) is 2.97. The minimum atomic E-state index is -0.304. The van der Waals surface area contributed by atoms with Crippen LogP contribution in [0.25, 0.3) is 11.1 Å². The molecule has 1 N–H and O–H groups in total. The largest absolute Gasteiger partial charge is 0.493 e. The predicted molar refractivity (Wildman–Crippen MR) is 134 cm³/mol. The number of hydrogen-bond donors (Lipinski definition) is 1. The van der Waals surface area contributed by atoms with E-state index in [1.165, 1.54) is 25.1 Å². The fraction of sp³-hybridized carbons (Fsp3) is 0.125. The predicted octanol–water partition coefficient (Wildman–Crippen LogP) is 5.96. The van der Waals surface area contributed by atoms with Gasteiger partial charge in [0.15, 0.2) is 17.1 Å². The summed E-state index contributed by atoms with van der Waals surface area (Å²) in [5, 5.41) is 5.35. The van der Waals surface area contributed by atoms with Gasteiger partial charge in [-0.15, -0.1) is 0 Å². The lowest BCUT2D eigenvalue weighted by Gasteiger charge is -2.14. The van der Waals surface area contributed by atoms with Crippen molar-refractivity contribution in [2.45, 2.75) is 11.8 Å². The number of para-hydroxylation sites is 2. The number of fused-ring (bicyclic) bond motifs is 1. The molecule has 10 heteroatoms. The van der Waals surface area contributed by atoms with Crippen LogP contribution >= 0.6 is 35.0 Å². The molecule has 4 rings (SSSR count). The number of thioether (sulfide) groups is 1. The Morgan fingerprint density at radius 3 is 2.74 bits per heavy atom. The van der Waals surface area contributed by atoms with Crippen molar-refractivity contribution in [2.75, 3.05) is 12.9 Å². The second-order valence-electron chi connectivity index (χ2n) is 6.94. The summed E-state index contributed by atoms with van der Waals surface area (Å²) in [5.74, 6) is 0.614. The van der Waals surface area contributed by atoms with Crippen LogP contribution in [0, 0.1) is 0 Å². The lowest BCUT2D eigenvalue weighted by molar-refractivity contribution is -0.118. The van der Waals surface area contributed by atoms with Crippen molar-refractivity contribution in [2.24, 2.45) is 5.10 Å². The highest BCUT2D eigenvalue weighted by Crippen LogP contribution is 2.37. The highest BCUT2D eigenvalue weighted by atomic mass is 35.5. The monoisotopic (exact) mass is 515 g/mol. The highest BCUT2D eigenvalue weighted by Gasteiger charge is 2.13. The molecule has 0 spiro atoms. The number of benzene rings is 3. The van der Waals surface area contributed by atoms with Crippen molar-refractivity contribution in [3.63, 3.8) is 0 Å². The minimum Gasteiger partial charge on any atom is -0.493 e. The normalized spacial score (nSPS) is 11.1. The van der Waals surface area contributed by atoms with Gasteiger partial charge in [-0.25, -0.2) is 10.4 Å². The van der Waals surface area contributed by atoms with E-state index >= 15 is 0 Å². The maximum atomic E-state index is 12.1. The zero-order chi connectivity index (χ0) is 23.9. The molecule has 1 heterocycles. The molecule has 0 bridgehead atoms. The molecular formula is C24H19Cl2N3O4S. The lowest BCUT2D eigenvalue weighted by atomic mass is 10.2. The first-order valence-electron chi connectivity index (χ1n) is 10.1. The number of methoxy groups -OCH3 is 1. The van der Waals surface area contributed by atoms with Crippen LogP contribution in [0.15, 0.2) is 75.4 Å². The SMILES string of the molecule is COc1cc(/C=N\NC(=O)CSc2nc3ccccc3o2)cc(Cl)c1OCc1ccccc1Cl. The van der Waals surface area contributed by atoms with Crippen LogP contribution in [0.1, 0.15) is 11.1 Å². The maximum Gasteiger partial charge on any atom is 0.257 e. The second-order valence-corrected chi connectivity index (χ2v) is 8.68. The first-order valence-corrected chi connectivity index (χ1v) is 11.8. The van der Waals surface area contributed by atoms with Gasteiger partial charge in [0.05, 0.1) is 24.1 Å². The molecule has 0 aliphatic rings. The van der Waals surface area contributed by atoms with E-state index in [1.807, 2.05) is 42.5 Å². The smallest absolute Gasteiger partial charge is 0.257 e. The van der Waals surface area contributed by atoms with Crippen molar-refractivity contribution >= 4 is 58.2 Å². The Morgan fingerprint density at radius 2 is 1.94 bits per heavy atom. The Hall–Kier alpha value is -3.20. The number of nitrogens with zero attached hydrogens (tertiary/aromatic N) is 2. The van der Waals surface area contributed by atoms with Crippen molar-refractivity contribution < 1.29 is 18.7 Å². The molecular weight excluding hydrogens is 497 g/mol. The quantitative estimate of drug-likeness (QED) is 0.168. The molecule has 3 aromatic carbocycles. The van der Waals surface area contributed by atoms with E-state index in [0.29, 0.717) is 37.9 Å². The third-order valence-electron chi connectivity index (χ3n) is 4.59. The molecule has 0 unspecified atom stereocenters. The number of hydrogen-bond acceptors (Lipinski definition) is 7. The molecule has 0 aliphatic carbocycles. The molecule has 0 aliphatic heterocycles. The van der Waals surface area contributed by atoms with E-state index < -0.39 is 0 Å². The van der Waals surface area contributed by atoms with Crippen molar-refractivity contribution in [3.8, 4) is 11.5 Å². The summed E-state index contributed by atoms with van der Waals surface area (Å²) in [6.45, 7) is 0.233. The van der Waals surface area contributed by atoms with E-state index in [2.05, 4.69) is 15.5 Å². The zero-order valence-electron chi connectivity index (χ0n) is 18.0. The molecule has 0 saturated heterocycles. The topological polar surface area (TPSA) is 86.0 Å². The van der Waals surface area contributed by atoms with E-state index in [-0.39, 0.29) is 18.3 Å². The van der Waals surface area contributed by atoms with Gasteiger partial charge >= 0.3 is 0 Å². The first-order chi connectivity index (χ1) is 16.5.